The van der Waals surface area contributed by atoms with Gasteiger partial charge in [-0.05, 0) is 65.2 Å². The maximum absolute atomic E-state index is 11.9. The number of carbonyl (C=O) groups is 1. The SMILES string of the molecule is CCCNC(C)(CCCCN(CC)CCC)C(=O)OC. The van der Waals surface area contributed by atoms with Crippen molar-refractivity contribution in [3.05, 3.63) is 0 Å². The summed E-state index contributed by atoms with van der Waals surface area (Å²) in [5, 5.41) is 3.34. The maximum Gasteiger partial charge on any atom is 0.325 e. The normalized spacial score (nSPS) is 14.3. The summed E-state index contributed by atoms with van der Waals surface area (Å²) in [6.07, 6.45) is 5.23. The number of unbranched alkanes of at least 4 members (excludes halogenated alkanes) is 1. The summed E-state index contributed by atoms with van der Waals surface area (Å²) in [5.41, 5.74) is -0.535. The number of hydrogen-bond acceptors (Lipinski definition) is 4. The Bertz CT molecular complexity index is 259. The third-order valence-electron chi connectivity index (χ3n) is 3.79. The summed E-state index contributed by atoms with van der Waals surface area (Å²) in [4.78, 5) is 14.4. The van der Waals surface area contributed by atoms with Crippen molar-refractivity contribution in [1.82, 2.24) is 10.2 Å². The minimum absolute atomic E-state index is 0.146. The molecule has 0 bridgehead atoms. The lowest BCUT2D eigenvalue weighted by Gasteiger charge is -2.28. The molecule has 0 saturated carbocycles. The zero-order valence-corrected chi connectivity index (χ0v) is 14.1. The van der Waals surface area contributed by atoms with Gasteiger partial charge in [0.05, 0.1) is 7.11 Å². The molecule has 0 aromatic carbocycles. The molecule has 0 fully saturated rings. The van der Waals surface area contributed by atoms with Crippen LogP contribution in [-0.4, -0.2) is 49.7 Å². The Morgan fingerprint density at radius 1 is 1.15 bits per heavy atom. The van der Waals surface area contributed by atoms with Crippen molar-refractivity contribution in [3.63, 3.8) is 0 Å². The third-order valence-corrected chi connectivity index (χ3v) is 3.79. The first-order chi connectivity index (χ1) is 9.53. The third kappa shape index (κ3) is 7.25. The minimum Gasteiger partial charge on any atom is -0.468 e. The monoisotopic (exact) mass is 286 g/mol. The number of hydrogen-bond donors (Lipinski definition) is 1. The molecule has 20 heavy (non-hydrogen) atoms. The van der Waals surface area contributed by atoms with Crippen LogP contribution < -0.4 is 5.32 Å². The average Bonchev–Trinajstić information content (AvgIpc) is 2.47. The van der Waals surface area contributed by atoms with Gasteiger partial charge in [0.15, 0.2) is 0 Å². The standard InChI is InChI=1S/C16H34N2O2/c1-6-12-17-16(4,15(19)20-5)11-9-10-14-18(8-3)13-7-2/h17H,6-14H2,1-5H3. The molecule has 0 heterocycles. The van der Waals surface area contributed by atoms with Crippen molar-refractivity contribution in [3.8, 4) is 0 Å². The van der Waals surface area contributed by atoms with E-state index in [1.54, 1.807) is 0 Å². The Balaban J connectivity index is 4.16. The van der Waals surface area contributed by atoms with Crippen LogP contribution in [0.2, 0.25) is 0 Å². The van der Waals surface area contributed by atoms with Crippen LogP contribution in [0.4, 0.5) is 0 Å². The first-order valence-electron chi connectivity index (χ1n) is 8.09. The molecule has 0 aliphatic rings. The van der Waals surface area contributed by atoms with Gasteiger partial charge in [0.1, 0.15) is 5.54 Å². The number of nitrogens with one attached hydrogen (secondary N) is 1. The number of nitrogens with zero attached hydrogens (tertiary/aromatic N) is 1. The molecule has 4 heteroatoms. The number of rotatable bonds is 12. The average molecular weight is 286 g/mol. The quantitative estimate of drug-likeness (QED) is 0.442. The predicted octanol–water partition coefficient (Wildman–Crippen LogP) is 2.82. The fraction of sp³-hybridized carbons (Fsp3) is 0.938. The van der Waals surface area contributed by atoms with E-state index < -0.39 is 5.54 Å². The second-order valence-electron chi connectivity index (χ2n) is 5.64. The van der Waals surface area contributed by atoms with E-state index in [0.29, 0.717) is 0 Å². The second kappa shape index (κ2) is 11.1. The fourth-order valence-electron chi connectivity index (χ4n) is 2.45. The molecule has 0 aliphatic heterocycles. The lowest BCUT2D eigenvalue weighted by atomic mass is 9.94. The maximum atomic E-state index is 11.9. The zero-order valence-electron chi connectivity index (χ0n) is 14.1. The fourth-order valence-corrected chi connectivity index (χ4v) is 2.45. The molecule has 0 aliphatic carbocycles. The van der Waals surface area contributed by atoms with Crippen LogP contribution in [0, 0.1) is 0 Å². The van der Waals surface area contributed by atoms with E-state index in [1.807, 2.05) is 6.92 Å². The van der Waals surface area contributed by atoms with Crippen molar-refractivity contribution in [2.24, 2.45) is 0 Å². The van der Waals surface area contributed by atoms with Gasteiger partial charge in [-0.3, -0.25) is 4.79 Å². The van der Waals surface area contributed by atoms with Crippen molar-refractivity contribution in [2.45, 2.75) is 65.3 Å². The Hall–Kier alpha value is -0.610. The van der Waals surface area contributed by atoms with Crippen LogP contribution in [0.5, 0.6) is 0 Å². The molecule has 0 amide bonds. The molecule has 0 aromatic rings. The summed E-state index contributed by atoms with van der Waals surface area (Å²) in [7, 11) is 1.47. The summed E-state index contributed by atoms with van der Waals surface area (Å²) >= 11 is 0. The molecule has 0 radical (unpaired) electrons. The molecule has 1 N–H and O–H groups in total. The lowest BCUT2D eigenvalue weighted by molar-refractivity contribution is -0.148. The highest BCUT2D eigenvalue weighted by Crippen LogP contribution is 2.16. The van der Waals surface area contributed by atoms with Crippen LogP contribution in [0.15, 0.2) is 0 Å². The van der Waals surface area contributed by atoms with E-state index in [4.69, 9.17) is 4.74 Å². The number of ether oxygens (including phenoxy) is 1. The van der Waals surface area contributed by atoms with Crippen LogP contribution >= 0.6 is 0 Å². The summed E-state index contributed by atoms with van der Waals surface area (Å²) in [6, 6.07) is 0. The summed E-state index contributed by atoms with van der Waals surface area (Å²) in [5.74, 6) is -0.146. The molecule has 0 rings (SSSR count). The van der Waals surface area contributed by atoms with Crippen molar-refractivity contribution in [2.75, 3.05) is 33.3 Å². The topological polar surface area (TPSA) is 41.6 Å². The van der Waals surface area contributed by atoms with E-state index in [2.05, 4.69) is 31.0 Å². The van der Waals surface area contributed by atoms with Gasteiger partial charge < -0.3 is 15.0 Å². The van der Waals surface area contributed by atoms with Crippen LogP contribution in [0.3, 0.4) is 0 Å². The molecular formula is C16H34N2O2. The number of esters is 1. The highest BCUT2D eigenvalue weighted by molar-refractivity contribution is 5.80. The lowest BCUT2D eigenvalue weighted by Crippen LogP contribution is -2.50. The van der Waals surface area contributed by atoms with Gasteiger partial charge in [0.2, 0.25) is 0 Å². The highest BCUT2D eigenvalue weighted by Gasteiger charge is 2.32. The Morgan fingerprint density at radius 2 is 1.85 bits per heavy atom. The zero-order chi connectivity index (χ0) is 15.4. The van der Waals surface area contributed by atoms with Gasteiger partial charge in [0, 0.05) is 0 Å². The molecular weight excluding hydrogens is 252 g/mol. The van der Waals surface area contributed by atoms with Crippen molar-refractivity contribution >= 4 is 5.97 Å². The molecule has 0 spiro atoms. The Kier molecular flexibility index (Phi) is 10.8. The van der Waals surface area contributed by atoms with Crippen LogP contribution in [-0.2, 0) is 9.53 Å². The second-order valence-corrected chi connectivity index (χ2v) is 5.64. The smallest absolute Gasteiger partial charge is 0.325 e. The van der Waals surface area contributed by atoms with Gasteiger partial charge in [0.25, 0.3) is 0 Å². The van der Waals surface area contributed by atoms with E-state index in [0.717, 1.165) is 45.3 Å². The largest absolute Gasteiger partial charge is 0.468 e. The van der Waals surface area contributed by atoms with Gasteiger partial charge in [-0.2, -0.15) is 0 Å². The van der Waals surface area contributed by atoms with E-state index >= 15 is 0 Å². The number of methoxy groups -OCH3 is 1. The Labute approximate surface area is 125 Å². The van der Waals surface area contributed by atoms with Gasteiger partial charge in [-0.25, -0.2) is 0 Å². The van der Waals surface area contributed by atoms with Gasteiger partial charge in [-0.15, -0.1) is 0 Å². The highest BCUT2D eigenvalue weighted by atomic mass is 16.5. The van der Waals surface area contributed by atoms with Gasteiger partial charge >= 0.3 is 5.97 Å². The first kappa shape index (κ1) is 19.4. The number of carbonyl (C=O) groups excluding carboxylic acids is 1. The summed E-state index contributed by atoms with van der Waals surface area (Å²) < 4.78 is 4.94. The van der Waals surface area contributed by atoms with E-state index in [1.165, 1.54) is 20.1 Å². The predicted molar refractivity (Wildman–Crippen MR) is 85.0 cm³/mol. The van der Waals surface area contributed by atoms with Crippen molar-refractivity contribution in [1.29, 1.82) is 0 Å². The molecule has 0 aromatic heterocycles. The van der Waals surface area contributed by atoms with E-state index in [9.17, 15) is 4.79 Å². The van der Waals surface area contributed by atoms with Crippen LogP contribution in [0.25, 0.3) is 0 Å². The molecule has 0 saturated heterocycles. The molecule has 1 atom stereocenters. The first-order valence-corrected chi connectivity index (χ1v) is 8.09. The Morgan fingerprint density at radius 3 is 2.35 bits per heavy atom. The molecule has 120 valence electrons. The summed E-state index contributed by atoms with van der Waals surface area (Å²) in [6.45, 7) is 12.7. The molecule has 1 unspecified atom stereocenters. The minimum atomic E-state index is -0.535. The van der Waals surface area contributed by atoms with E-state index in [-0.39, 0.29) is 5.97 Å². The van der Waals surface area contributed by atoms with Gasteiger partial charge in [-0.1, -0.05) is 20.8 Å². The van der Waals surface area contributed by atoms with Crippen LogP contribution in [0.1, 0.15) is 59.8 Å². The molecule has 4 nitrogen and oxygen atoms in total. The van der Waals surface area contributed by atoms with Crippen molar-refractivity contribution < 1.29 is 9.53 Å².